The molecule has 18 heavy (non-hydrogen) atoms. The van der Waals surface area contributed by atoms with Gasteiger partial charge in [0, 0.05) is 18.3 Å². The number of piperidine rings is 1. The summed E-state index contributed by atoms with van der Waals surface area (Å²) in [7, 11) is 0. The molecule has 0 unspecified atom stereocenters. The van der Waals surface area contributed by atoms with Gasteiger partial charge in [-0.15, -0.1) is 0 Å². The molecule has 0 saturated carbocycles. The van der Waals surface area contributed by atoms with Gasteiger partial charge in [0.15, 0.2) is 0 Å². The number of anilines is 1. The molecule has 0 amide bonds. The average Bonchev–Trinajstić information content (AvgIpc) is 2.37. The van der Waals surface area contributed by atoms with E-state index in [0.29, 0.717) is 0 Å². The maximum absolute atomic E-state index is 4.46. The minimum Gasteiger partial charge on any atom is -0.370 e. The minimum atomic E-state index is 0.774. The van der Waals surface area contributed by atoms with E-state index in [1.165, 1.54) is 12.8 Å². The molecule has 0 radical (unpaired) electrons. The molecule has 1 aliphatic heterocycles. The summed E-state index contributed by atoms with van der Waals surface area (Å²) in [5, 5.41) is 6.87. The van der Waals surface area contributed by atoms with Crippen molar-refractivity contribution in [1.29, 1.82) is 0 Å². The van der Waals surface area contributed by atoms with Crippen molar-refractivity contribution < 1.29 is 0 Å². The van der Waals surface area contributed by atoms with E-state index < -0.39 is 0 Å². The molecule has 1 fully saturated rings. The molecule has 2 N–H and O–H groups in total. The molecule has 1 aromatic heterocycles. The molecule has 0 spiro atoms. The van der Waals surface area contributed by atoms with Gasteiger partial charge in [0.05, 0.1) is 0 Å². The first-order chi connectivity index (χ1) is 8.78. The summed E-state index contributed by atoms with van der Waals surface area (Å²) in [5.74, 6) is 2.63. The summed E-state index contributed by atoms with van der Waals surface area (Å²) in [4.78, 5) is 8.92. The lowest BCUT2D eigenvalue weighted by Crippen LogP contribution is -2.31. The highest BCUT2D eigenvalue weighted by Gasteiger charge is 2.12. The second kappa shape index (κ2) is 6.69. The topological polar surface area (TPSA) is 49.8 Å². The molecule has 4 nitrogen and oxygen atoms in total. The lowest BCUT2D eigenvalue weighted by atomic mass is 9.98. The standard InChI is InChI=1S/C14H24N4/c1-3-4-13-9-14(18-11(2)17-13)16-10-12-5-7-15-8-6-12/h9,12,15H,3-8,10H2,1-2H3,(H,16,17,18). The fraction of sp³-hybridized carbons (Fsp3) is 0.714. The predicted molar refractivity (Wildman–Crippen MR) is 74.8 cm³/mol. The Morgan fingerprint density at radius 3 is 2.83 bits per heavy atom. The third-order valence-electron chi connectivity index (χ3n) is 3.43. The van der Waals surface area contributed by atoms with Gasteiger partial charge < -0.3 is 10.6 Å². The summed E-state index contributed by atoms with van der Waals surface area (Å²) >= 11 is 0. The third-order valence-corrected chi connectivity index (χ3v) is 3.43. The van der Waals surface area contributed by atoms with Gasteiger partial charge >= 0.3 is 0 Å². The average molecular weight is 248 g/mol. The monoisotopic (exact) mass is 248 g/mol. The van der Waals surface area contributed by atoms with Crippen LogP contribution in [0.1, 0.15) is 37.7 Å². The highest BCUT2D eigenvalue weighted by Crippen LogP contribution is 2.14. The Morgan fingerprint density at radius 1 is 1.33 bits per heavy atom. The van der Waals surface area contributed by atoms with Crippen LogP contribution in [0.15, 0.2) is 6.07 Å². The molecule has 1 aromatic rings. The summed E-state index contributed by atoms with van der Waals surface area (Å²) in [6.07, 6.45) is 4.69. The van der Waals surface area contributed by atoms with Gasteiger partial charge in [0.25, 0.3) is 0 Å². The van der Waals surface area contributed by atoms with Crippen molar-refractivity contribution in [2.24, 2.45) is 5.92 Å². The Labute approximate surface area is 110 Å². The molecule has 4 heteroatoms. The van der Waals surface area contributed by atoms with Crippen LogP contribution in [0.25, 0.3) is 0 Å². The first kappa shape index (κ1) is 13.3. The van der Waals surface area contributed by atoms with Crippen LogP contribution >= 0.6 is 0 Å². The van der Waals surface area contributed by atoms with E-state index in [1.807, 2.05) is 6.92 Å². The van der Waals surface area contributed by atoms with Crippen LogP contribution < -0.4 is 10.6 Å². The molecule has 0 aromatic carbocycles. The van der Waals surface area contributed by atoms with Crippen LogP contribution in [0.2, 0.25) is 0 Å². The van der Waals surface area contributed by atoms with Gasteiger partial charge in [-0.25, -0.2) is 9.97 Å². The first-order valence-corrected chi connectivity index (χ1v) is 7.07. The van der Waals surface area contributed by atoms with E-state index in [2.05, 4.69) is 33.6 Å². The first-order valence-electron chi connectivity index (χ1n) is 7.07. The van der Waals surface area contributed by atoms with Crippen LogP contribution in [0.3, 0.4) is 0 Å². The fourth-order valence-corrected chi connectivity index (χ4v) is 2.44. The number of nitrogens with zero attached hydrogens (tertiary/aromatic N) is 2. The van der Waals surface area contributed by atoms with Crippen molar-refractivity contribution in [3.05, 3.63) is 17.6 Å². The lowest BCUT2D eigenvalue weighted by molar-refractivity contribution is 0.389. The minimum absolute atomic E-state index is 0.774. The van der Waals surface area contributed by atoms with Crippen molar-refractivity contribution in [2.75, 3.05) is 25.0 Å². The highest BCUT2D eigenvalue weighted by atomic mass is 15.0. The number of aryl methyl sites for hydroxylation is 2. The molecule has 1 saturated heterocycles. The Kier molecular flexibility index (Phi) is 4.93. The van der Waals surface area contributed by atoms with E-state index >= 15 is 0 Å². The van der Waals surface area contributed by atoms with E-state index in [-0.39, 0.29) is 0 Å². The van der Waals surface area contributed by atoms with Gasteiger partial charge in [-0.1, -0.05) is 13.3 Å². The Morgan fingerprint density at radius 2 is 2.11 bits per heavy atom. The Balaban J connectivity index is 1.91. The molecule has 0 aliphatic carbocycles. The van der Waals surface area contributed by atoms with E-state index in [0.717, 1.165) is 55.7 Å². The zero-order chi connectivity index (χ0) is 12.8. The Hall–Kier alpha value is -1.16. The molecule has 100 valence electrons. The molecule has 2 rings (SSSR count). The fourth-order valence-electron chi connectivity index (χ4n) is 2.44. The van der Waals surface area contributed by atoms with Gasteiger partial charge in [0.2, 0.25) is 0 Å². The van der Waals surface area contributed by atoms with Crippen LogP contribution in [0, 0.1) is 12.8 Å². The highest BCUT2D eigenvalue weighted by molar-refractivity contribution is 5.36. The molecule has 0 atom stereocenters. The van der Waals surface area contributed by atoms with Crippen molar-refractivity contribution in [2.45, 2.75) is 39.5 Å². The maximum atomic E-state index is 4.46. The van der Waals surface area contributed by atoms with Gasteiger partial charge in [-0.2, -0.15) is 0 Å². The summed E-state index contributed by atoms with van der Waals surface area (Å²) < 4.78 is 0. The number of hydrogen-bond donors (Lipinski definition) is 2. The molecule has 2 heterocycles. The lowest BCUT2D eigenvalue weighted by Gasteiger charge is -2.23. The predicted octanol–water partition coefficient (Wildman–Crippen LogP) is 2.15. The molecule has 0 bridgehead atoms. The summed E-state index contributed by atoms with van der Waals surface area (Å²) in [6.45, 7) is 7.48. The normalized spacial score (nSPS) is 16.8. The van der Waals surface area contributed by atoms with E-state index in [4.69, 9.17) is 0 Å². The maximum Gasteiger partial charge on any atom is 0.129 e. The van der Waals surface area contributed by atoms with Crippen molar-refractivity contribution in [3.63, 3.8) is 0 Å². The largest absolute Gasteiger partial charge is 0.370 e. The molecule has 1 aliphatic rings. The number of aromatic nitrogens is 2. The van der Waals surface area contributed by atoms with E-state index in [1.54, 1.807) is 0 Å². The van der Waals surface area contributed by atoms with Crippen molar-refractivity contribution in [1.82, 2.24) is 15.3 Å². The second-order valence-electron chi connectivity index (χ2n) is 5.12. The van der Waals surface area contributed by atoms with Crippen LogP contribution in [0.5, 0.6) is 0 Å². The quantitative estimate of drug-likeness (QED) is 0.838. The van der Waals surface area contributed by atoms with E-state index in [9.17, 15) is 0 Å². The van der Waals surface area contributed by atoms with Gasteiger partial charge in [0.1, 0.15) is 11.6 Å². The summed E-state index contributed by atoms with van der Waals surface area (Å²) in [5.41, 5.74) is 1.15. The number of rotatable bonds is 5. The van der Waals surface area contributed by atoms with Crippen LogP contribution in [-0.4, -0.2) is 29.6 Å². The zero-order valence-corrected chi connectivity index (χ0v) is 11.5. The third kappa shape index (κ3) is 3.95. The van der Waals surface area contributed by atoms with Gasteiger partial charge in [-0.3, -0.25) is 0 Å². The van der Waals surface area contributed by atoms with Crippen molar-refractivity contribution >= 4 is 5.82 Å². The van der Waals surface area contributed by atoms with Crippen molar-refractivity contribution in [3.8, 4) is 0 Å². The number of nitrogens with one attached hydrogen (secondary N) is 2. The number of hydrogen-bond acceptors (Lipinski definition) is 4. The molecular weight excluding hydrogens is 224 g/mol. The summed E-state index contributed by atoms with van der Waals surface area (Å²) in [6, 6.07) is 2.09. The Bertz CT molecular complexity index is 372. The van der Waals surface area contributed by atoms with Crippen LogP contribution in [-0.2, 0) is 6.42 Å². The second-order valence-corrected chi connectivity index (χ2v) is 5.12. The van der Waals surface area contributed by atoms with Gasteiger partial charge in [-0.05, 0) is 45.2 Å². The smallest absolute Gasteiger partial charge is 0.129 e. The zero-order valence-electron chi connectivity index (χ0n) is 11.5. The molecular formula is C14H24N4. The SMILES string of the molecule is CCCc1cc(NCC2CCNCC2)nc(C)n1. The van der Waals surface area contributed by atoms with Crippen LogP contribution in [0.4, 0.5) is 5.82 Å².